The van der Waals surface area contributed by atoms with Crippen LogP contribution < -0.4 is 11.1 Å². The van der Waals surface area contributed by atoms with Crippen molar-refractivity contribution in [3.63, 3.8) is 0 Å². The summed E-state index contributed by atoms with van der Waals surface area (Å²) in [7, 11) is 0. The van der Waals surface area contributed by atoms with Crippen LogP contribution in [0.2, 0.25) is 0 Å². The van der Waals surface area contributed by atoms with Gasteiger partial charge in [0.25, 0.3) is 0 Å². The van der Waals surface area contributed by atoms with Crippen LogP contribution >= 0.6 is 0 Å². The Labute approximate surface area is 106 Å². The standard InChI is InChI=1S/C13H19FN2O2/c1-13(2,8-16-7-11(15)12(17)18)9-4-3-5-10(14)6-9/h3-6,11,16H,7-8,15H2,1-2H3,(H,17,18). The maximum absolute atomic E-state index is 13.1. The molecule has 4 nitrogen and oxygen atoms in total. The third kappa shape index (κ3) is 4.09. The minimum atomic E-state index is -1.04. The molecule has 0 saturated carbocycles. The minimum Gasteiger partial charge on any atom is -0.480 e. The number of benzene rings is 1. The highest BCUT2D eigenvalue weighted by atomic mass is 19.1. The summed E-state index contributed by atoms with van der Waals surface area (Å²) in [5.74, 6) is -1.31. The second-order valence-corrected chi connectivity index (χ2v) is 4.97. The summed E-state index contributed by atoms with van der Waals surface area (Å²) in [4.78, 5) is 10.6. The summed E-state index contributed by atoms with van der Waals surface area (Å²) in [5.41, 5.74) is 5.96. The molecular formula is C13H19FN2O2. The molecule has 0 aromatic heterocycles. The van der Waals surface area contributed by atoms with Crippen LogP contribution in [0.15, 0.2) is 24.3 Å². The minimum absolute atomic E-state index is 0.189. The molecule has 0 heterocycles. The van der Waals surface area contributed by atoms with Gasteiger partial charge in [-0.3, -0.25) is 4.79 Å². The summed E-state index contributed by atoms with van der Waals surface area (Å²) in [6.45, 7) is 4.63. The molecule has 1 aromatic carbocycles. The van der Waals surface area contributed by atoms with Gasteiger partial charge in [0.2, 0.25) is 0 Å². The molecule has 1 unspecified atom stereocenters. The van der Waals surface area contributed by atoms with E-state index in [4.69, 9.17) is 10.8 Å². The van der Waals surface area contributed by atoms with Crippen molar-refractivity contribution in [2.24, 2.45) is 5.73 Å². The highest BCUT2D eigenvalue weighted by molar-refractivity contribution is 5.73. The molecule has 1 aromatic rings. The summed E-state index contributed by atoms with van der Waals surface area (Å²) in [6, 6.07) is 5.47. The molecule has 18 heavy (non-hydrogen) atoms. The normalized spacial score (nSPS) is 13.3. The summed E-state index contributed by atoms with van der Waals surface area (Å²) in [5, 5.41) is 11.6. The van der Waals surface area contributed by atoms with Gasteiger partial charge >= 0.3 is 5.97 Å². The largest absolute Gasteiger partial charge is 0.480 e. The van der Waals surface area contributed by atoms with E-state index in [1.165, 1.54) is 12.1 Å². The van der Waals surface area contributed by atoms with Gasteiger partial charge in [-0.2, -0.15) is 0 Å². The Balaban J connectivity index is 2.57. The Hall–Kier alpha value is -1.46. The third-order valence-electron chi connectivity index (χ3n) is 2.85. The lowest BCUT2D eigenvalue weighted by Gasteiger charge is -2.26. The van der Waals surface area contributed by atoms with Crippen LogP contribution in [-0.4, -0.2) is 30.2 Å². The first-order valence-corrected chi connectivity index (χ1v) is 5.78. The predicted octanol–water partition coefficient (Wildman–Crippen LogP) is 1.10. The number of hydrogen-bond acceptors (Lipinski definition) is 3. The van der Waals surface area contributed by atoms with Crippen molar-refractivity contribution in [1.29, 1.82) is 0 Å². The SMILES string of the molecule is CC(C)(CNCC(N)C(=O)O)c1cccc(F)c1. The molecule has 1 rings (SSSR count). The molecular weight excluding hydrogens is 235 g/mol. The van der Waals surface area contributed by atoms with Crippen molar-refractivity contribution >= 4 is 5.97 Å². The average Bonchev–Trinajstić information content (AvgIpc) is 2.28. The predicted molar refractivity (Wildman–Crippen MR) is 67.9 cm³/mol. The molecule has 0 amide bonds. The lowest BCUT2D eigenvalue weighted by molar-refractivity contribution is -0.138. The fraction of sp³-hybridized carbons (Fsp3) is 0.462. The molecule has 0 saturated heterocycles. The van der Waals surface area contributed by atoms with Crippen LogP contribution in [0.5, 0.6) is 0 Å². The average molecular weight is 254 g/mol. The van der Waals surface area contributed by atoms with Gasteiger partial charge in [0, 0.05) is 18.5 Å². The first-order valence-electron chi connectivity index (χ1n) is 5.78. The first-order chi connectivity index (χ1) is 8.33. The van der Waals surface area contributed by atoms with E-state index in [0.29, 0.717) is 6.54 Å². The molecule has 0 aliphatic carbocycles. The van der Waals surface area contributed by atoms with Crippen LogP contribution in [0.1, 0.15) is 19.4 Å². The number of carbonyl (C=O) groups is 1. The molecule has 1 atom stereocenters. The number of carboxylic acid groups (broad SMARTS) is 1. The molecule has 0 aliphatic heterocycles. The van der Waals surface area contributed by atoms with Gasteiger partial charge < -0.3 is 16.2 Å². The number of carboxylic acids is 1. The van der Waals surface area contributed by atoms with Gasteiger partial charge in [-0.25, -0.2) is 4.39 Å². The van der Waals surface area contributed by atoms with Gasteiger partial charge in [0.05, 0.1) is 0 Å². The zero-order valence-corrected chi connectivity index (χ0v) is 10.6. The number of hydrogen-bond donors (Lipinski definition) is 3. The molecule has 0 bridgehead atoms. The molecule has 0 spiro atoms. The van der Waals surface area contributed by atoms with E-state index in [9.17, 15) is 9.18 Å². The van der Waals surface area contributed by atoms with Crippen LogP contribution in [0.3, 0.4) is 0 Å². The van der Waals surface area contributed by atoms with E-state index < -0.39 is 12.0 Å². The van der Waals surface area contributed by atoms with Gasteiger partial charge in [-0.15, -0.1) is 0 Å². The number of rotatable bonds is 6. The van der Waals surface area contributed by atoms with Crippen molar-refractivity contribution in [3.8, 4) is 0 Å². The lowest BCUT2D eigenvalue weighted by atomic mass is 9.84. The number of halogens is 1. The van der Waals surface area contributed by atoms with E-state index in [2.05, 4.69) is 5.32 Å². The summed E-state index contributed by atoms with van der Waals surface area (Å²) >= 11 is 0. The van der Waals surface area contributed by atoms with Crippen LogP contribution in [-0.2, 0) is 10.2 Å². The maximum Gasteiger partial charge on any atom is 0.321 e. The van der Waals surface area contributed by atoms with Crippen molar-refractivity contribution < 1.29 is 14.3 Å². The van der Waals surface area contributed by atoms with Gasteiger partial charge in [-0.1, -0.05) is 26.0 Å². The second-order valence-electron chi connectivity index (χ2n) is 4.97. The van der Waals surface area contributed by atoms with Crippen LogP contribution in [0.4, 0.5) is 4.39 Å². The third-order valence-corrected chi connectivity index (χ3v) is 2.85. The first kappa shape index (κ1) is 14.6. The van der Waals surface area contributed by atoms with Crippen molar-refractivity contribution in [1.82, 2.24) is 5.32 Å². The van der Waals surface area contributed by atoms with E-state index in [-0.39, 0.29) is 17.8 Å². The van der Waals surface area contributed by atoms with E-state index in [1.807, 2.05) is 19.9 Å². The molecule has 0 radical (unpaired) electrons. The molecule has 100 valence electrons. The second kappa shape index (κ2) is 5.93. The molecule has 4 N–H and O–H groups in total. The van der Waals surface area contributed by atoms with Crippen molar-refractivity contribution in [2.45, 2.75) is 25.3 Å². The Morgan fingerprint density at radius 3 is 2.78 bits per heavy atom. The smallest absolute Gasteiger partial charge is 0.321 e. The van der Waals surface area contributed by atoms with E-state index >= 15 is 0 Å². The quantitative estimate of drug-likeness (QED) is 0.710. The number of nitrogens with two attached hydrogens (primary N) is 1. The van der Waals surface area contributed by atoms with Crippen LogP contribution in [0.25, 0.3) is 0 Å². The lowest BCUT2D eigenvalue weighted by Crippen LogP contribution is -2.44. The topological polar surface area (TPSA) is 75.3 Å². The van der Waals surface area contributed by atoms with Crippen molar-refractivity contribution in [3.05, 3.63) is 35.6 Å². The van der Waals surface area contributed by atoms with Gasteiger partial charge in [-0.05, 0) is 17.7 Å². The molecule has 0 aliphatic rings. The number of aliphatic carboxylic acids is 1. The van der Waals surface area contributed by atoms with Crippen LogP contribution in [0, 0.1) is 5.82 Å². The Morgan fingerprint density at radius 2 is 2.22 bits per heavy atom. The zero-order valence-electron chi connectivity index (χ0n) is 10.6. The van der Waals surface area contributed by atoms with Crippen molar-refractivity contribution in [2.75, 3.05) is 13.1 Å². The zero-order chi connectivity index (χ0) is 13.8. The number of nitrogens with one attached hydrogen (secondary N) is 1. The summed E-state index contributed by atoms with van der Waals surface area (Å²) in [6.07, 6.45) is 0. The monoisotopic (exact) mass is 254 g/mol. The Bertz CT molecular complexity index is 421. The van der Waals surface area contributed by atoms with E-state index in [1.54, 1.807) is 6.07 Å². The van der Waals surface area contributed by atoms with E-state index in [0.717, 1.165) is 5.56 Å². The Morgan fingerprint density at radius 1 is 1.56 bits per heavy atom. The summed E-state index contributed by atoms with van der Waals surface area (Å²) < 4.78 is 13.1. The van der Waals surface area contributed by atoms with Gasteiger partial charge in [0.1, 0.15) is 11.9 Å². The maximum atomic E-state index is 13.1. The highest BCUT2D eigenvalue weighted by Crippen LogP contribution is 2.22. The fourth-order valence-electron chi connectivity index (χ4n) is 1.64. The fourth-order valence-corrected chi connectivity index (χ4v) is 1.64. The molecule has 5 heteroatoms. The molecule has 0 fully saturated rings. The van der Waals surface area contributed by atoms with Gasteiger partial charge in [0.15, 0.2) is 0 Å². The highest BCUT2D eigenvalue weighted by Gasteiger charge is 2.21. The Kier molecular flexibility index (Phi) is 4.81.